The second-order valence-corrected chi connectivity index (χ2v) is 17.4. The molecule has 2 unspecified atom stereocenters. The van der Waals surface area contributed by atoms with Gasteiger partial charge in [0.15, 0.2) is 0 Å². The SMILES string of the molecule is CC1(c2cnn(C3CCN(C(=O)CCCCCCc4ccc5c(c4)C(=O)N(C(CCC=O)C(N)=O)C5)CC3)c2)C=Nc2cccc(-c3cc(F)c(CN4CCOCC4)c(F)c3)c2N1. The minimum Gasteiger partial charge on any atom is -0.379 e. The zero-order chi connectivity index (χ0) is 44.1. The average molecular weight is 863 g/mol. The highest BCUT2D eigenvalue weighted by Gasteiger charge is 2.36. The van der Waals surface area contributed by atoms with Crippen LogP contribution in [-0.4, -0.2) is 100 Å². The number of primary amides is 1. The van der Waals surface area contributed by atoms with Crippen LogP contribution in [-0.2, 0) is 44.2 Å². The Labute approximate surface area is 366 Å². The van der Waals surface area contributed by atoms with Crippen LogP contribution in [0.25, 0.3) is 11.1 Å². The second-order valence-electron chi connectivity index (χ2n) is 17.4. The molecule has 2 saturated heterocycles. The Morgan fingerprint density at radius 1 is 1.00 bits per heavy atom. The van der Waals surface area contributed by atoms with Gasteiger partial charge in [-0.1, -0.05) is 37.1 Å². The number of ether oxygens (including phenoxy) is 1. The molecule has 5 heterocycles. The lowest BCUT2D eigenvalue weighted by Gasteiger charge is -2.33. The third-order valence-electron chi connectivity index (χ3n) is 13.1. The molecule has 3 aromatic carbocycles. The molecule has 3 amide bonds. The molecule has 63 heavy (non-hydrogen) atoms. The van der Waals surface area contributed by atoms with E-state index in [-0.39, 0.29) is 42.8 Å². The Morgan fingerprint density at radius 2 is 1.76 bits per heavy atom. The molecule has 4 aliphatic heterocycles. The molecule has 8 rings (SSSR count). The highest BCUT2D eigenvalue weighted by Crippen LogP contribution is 2.43. The molecule has 0 radical (unpaired) electrons. The number of nitrogens with zero attached hydrogens (tertiary/aromatic N) is 6. The number of unbranched alkanes of at least 4 members (excludes halogenated alkanes) is 3. The molecule has 1 aromatic heterocycles. The molecule has 2 atom stereocenters. The number of aliphatic imine (C=N–C) groups is 1. The van der Waals surface area contributed by atoms with E-state index in [2.05, 4.69) is 5.32 Å². The third-order valence-corrected chi connectivity index (χ3v) is 13.1. The number of aryl methyl sites for hydroxylation is 1. The number of amides is 3. The van der Waals surface area contributed by atoms with Crippen molar-refractivity contribution in [3.8, 4) is 11.1 Å². The summed E-state index contributed by atoms with van der Waals surface area (Å²) in [5, 5.41) is 8.37. The standard InChI is InChI=1S/C48H56F2N8O5/c1-48(31-52-42-10-6-9-37(45(42)54-48)34-25-40(49)39(41(50)26-34)30-55-19-22-63-23-20-55)35-27-53-58(29-35)36-15-17-56(18-16-36)44(60)12-5-3-2-4-8-32-13-14-33-28-57(47(62)38(33)24-32)43(46(51)61)11-7-21-59/h6,9-10,13-14,21,24-27,29,31,36,43,54H,2-5,7-8,11-12,15-20,22-23,28,30H2,1H3,(H2,51,61). The number of piperidine rings is 1. The van der Waals surface area contributed by atoms with E-state index < -0.39 is 29.1 Å². The first-order valence-corrected chi connectivity index (χ1v) is 22.2. The van der Waals surface area contributed by atoms with Crippen LogP contribution in [0.4, 0.5) is 20.2 Å². The predicted octanol–water partition coefficient (Wildman–Crippen LogP) is 6.85. The van der Waals surface area contributed by atoms with Crippen LogP contribution in [0.3, 0.4) is 0 Å². The van der Waals surface area contributed by atoms with Crippen molar-refractivity contribution in [3.63, 3.8) is 0 Å². The minimum absolute atomic E-state index is 0.0580. The molecule has 15 heteroatoms. The minimum atomic E-state index is -0.801. The molecule has 0 saturated carbocycles. The number of rotatable bonds is 17. The first kappa shape index (κ1) is 43.8. The van der Waals surface area contributed by atoms with Gasteiger partial charge in [0.2, 0.25) is 11.8 Å². The van der Waals surface area contributed by atoms with Crippen LogP contribution in [0.5, 0.6) is 0 Å². The van der Waals surface area contributed by atoms with E-state index in [1.807, 2.05) is 76.4 Å². The number of aromatic nitrogens is 2. The molecule has 3 N–H and O–H groups in total. The van der Waals surface area contributed by atoms with Gasteiger partial charge in [-0.3, -0.25) is 29.0 Å². The van der Waals surface area contributed by atoms with Crippen molar-refractivity contribution in [3.05, 3.63) is 100 Å². The highest BCUT2D eigenvalue weighted by atomic mass is 19.1. The van der Waals surface area contributed by atoms with E-state index in [1.54, 1.807) is 0 Å². The maximum atomic E-state index is 15.5. The molecule has 0 spiro atoms. The van der Waals surface area contributed by atoms with E-state index in [0.29, 0.717) is 80.4 Å². The van der Waals surface area contributed by atoms with E-state index in [4.69, 9.17) is 20.6 Å². The maximum absolute atomic E-state index is 15.5. The van der Waals surface area contributed by atoms with Gasteiger partial charge in [-0.25, -0.2) is 8.78 Å². The first-order valence-electron chi connectivity index (χ1n) is 22.2. The quantitative estimate of drug-likeness (QED) is 0.0864. The third kappa shape index (κ3) is 9.74. The summed E-state index contributed by atoms with van der Waals surface area (Å²) in [5.74, 6) is -1.81. The van der Waals surface area contributed by atoms with Gasteiger partial charge < -0.3 is 30.4 Å². The Kier molecular flexibility index (Phi) is 13.4. The molecule has 4 aromatic rings. The number of carbonyl (C=O) groups excluding carboxylic acids is 4. The normalized spacial score (nSPS) is 19.4. The Morgan fingerprint density at radius 3 is 2.51 bits per heavy atom. The van der Waals surface area contributed by atoms with Crippen LogP contribution in [0.2, 0.25) is 0 Å². The van der Waals surface area contributed by atoms with Gasteiger partial charge in [0, 0.05) is 86.8 Å². The molecule has 332 valence electrons. The lowest BCUT2D eigenvalue weighted by molar-refractivity contribution is -0.132. The van der Waals surface area contributed by atoms with Crippen LogP contribution in [0.1, 0.15) is 103 Å². The second kappa shape index (κ2) is 19.3. The summed E-state index contributed by atoms with van der Waals surface area (Å²) in [7, 11) is 0. The van der Waals surface area contributed by atoms with Gasteiger partial charge in [0.25, 0.3) is 5.91 Å². The van der Waals surface area contributed by atoms with Crippen molar-refractivity contribution in [2.24, 2.45) is 10.7 Å². The number of aldehydes is 1. The van der Waals surface area contributed by atoms with Gasteiger partial charge in [-0.05, 0) is 86.4 Å². The van der Waals surface area contributed by atoms with E-state index >= 15 is 8.78 Å². The number of hydrogen-bond donors (Lipinski definition) is 2. The molecular formula is C48H56F2N8O5. The van der Waals surface area contributed by atoms with E-state index in [0.717, 1.165) is 67.9 Å². The molecule has 2 fully saturated rings. The summed E-state index contributed by atoms with van der Waals surface area (Å²) in [5.41, 5.74) is 10.8. The summed E-state index contributed by atoms with van der Waals surface area (Å²) in [6.07, 6.45) is 13.4. The van der Waals surface area contributed by atoms with Crippen LogP contribution < -0.4 is 11.1 Å². The number of fused-ring (bicyclic) bond motifs is 2. The smallest absolute Gasteiger partial charge is 0.255 e. The van der Waals surface area contributed by atoms with Crippen molar-refractivity contribution in [1.29, 1.82) is 0 Å². The van der Waals surface area contributed by atoms with Gasteiger partial charge in [0.05, 0.1) is 42.4 Å². The number of benzene rings is 3. The predicted molar refractivity (Wildman–Crippen MR) is 235 cm³/mol. The van der Waals surface area contributed by atoms with Crippen LogP contribution in [0.15, 0.2) is 65.9 Å². The Balaban J connectivity index is 0.791. The lowest BCUT2D eigenvalue weighted by Crippen LogP contribution is -2.44. The van der Waals surface area contributed by atoms with E-state index in [1.165, 1.54) is 17.0 Å². The summed E-state index contributed by atoms with van der Waals surface area (Å²) >= 11 is 0. The van der Waals surface area contributed by atoms with Crippen molar-refractivity contribution < 1.29 is 32.7 Å². The van der Waals surface area contributed by atoms with Crippen LogP contribution in [0, 0.1) is 11.6 Å². The van der Waals surface area contributed by atoms with Gasteiger partial charge >= 0.3 is 0 Å². The van der Waals surface area contributed by atoms with Crippen molar-refractivity contribution in [1.82, 2.24) is 24.5 Å². The fraction of sp³-hybridized carbons (Fsp3) is 0.458. The summed E-state index contributed by atoms with van der Waals surface area (Å²) in [4.78, 5) is 59.4. The molecular weight excluding hydrogens is 807 g/mol. The zero-order valence-corrected chi connectivity index (χ0v) is 35.9. The summed E-state index contributed by atoms with van der Waals surface area (Å²) in [6.45, 7) is 6.21. The van der Waals surface area contributed by atoms with Crippen molar-refractivity contribution in [2.75, 3.05) is 44.7 Å². The largest absolute Gasteiger partial charge is 0.379 e. The zero-order valence-electron chi connectivity index (χ0n) is 35.9. The molecule has 0 aliphatic carbocycles. The average Bonchev–Trinajstić information content (AvgIpc) is 3.92. The fourth-order valence-corrected chi connectivity index (χ4v) is 9.31. The van der Waals surface area contributed by atoms with Crippen molar-refractivity contribution in [2.45, 2.75) is 102 Å². The summed E-state index contributed by atoms with van der Waals surface area (Å²) < 4.78 is 38.3. The molecule has 0 bridgehead atoms. The summed E-state index contributed by atoms with van der Waals surface area (Å²) in [6, 6.07) is 13.6. The number of carbonyl (C=O) groups is 4. The molecule has 4 aliphatic rings. The number of halogens is 2. The topological polar surface area (TPSA) is 155 Å². The number of nitrogens with one attached hydrogen (secondary N) is 1. The first-order chi connectivity index (χ1) is 30.5. The number of hydrogen-bond acceptors (Lipinski definition) is 9. The highest BCUT2D eigenvalue weighted by molar-refractivity contribution is 6.01. The Hall–Kier alpha value is -5.80. The number of morpholine rings is 1. The number of likely N-dealkylation sites (tertiary alicyclic amines) is 1. The number of nitrogens with two attached hydrogens (primary N) is 1. The molecule has 13 nitrogen and oxygen atoms in total. The maximum Gasteiger partial charge on any atom is 0.255 e. The lowest BCUT2D eigenvalue weighted by atomic mass is 9.91. The van der Waals surface area contributed by atoms with Crippen molar-refractivity contribution >= 4 is 41.6 Å². The monoisotopic (exact) mass is 862 g/mol. The number of para-hydroxylation sites is 1. The van der Waals surface area contributed by atoms with E-state index in [9.17, 15) is 19.2 Å². The van der Waals surface area contributed by atoms with Gasteiger partial charge in [0.1, 0.15) is 24.0 Å². The van der Waals surface area contributed by atoms with Crippen LogP contribution >= 0.6 is 0 Å². The Bertz CT molecular complexity index is 2350. The van der Waals surface area contributed by atoms with Gasteiger partial charge in [-0.15, -0.1) is 0 Å². The fourth-order valence-electron chi connectivity index (χ4n) is 9.31. The number of anilines is 1. The van der Waals surface area contributed by atoms with Gasteiger partial charge in [-0.2, -0.15) is 5.10 Å².